The molecule has 0 saturated carbocycles. The lowest BCUT2D eigenvalue weighted by Crippen LogP contribution is -2.08. The maximum atomic E-state index is 12.9. The number of hydrogen-bond donors (Lipinski definition) is 0. The number of benzene rings is 2. The smallest absolute Gasteiger partial charge is 0.268 e. The van der Waals surface area contributed by atoms with Crippen LogP contribution in [-0.4, -0.2) is 15.5 Å². The maximum Gasteiger partial charge on any atom is 0.268 e. The molecule has 4 nitrogen and oxygen atoms in total. The Balaban J connectivity index is 1.66. The molecule has 4 aromatic rings. The summed E-state index contributed by atoms with van der Waals surface area (Å²) in [7, 11) is 0. The van der Waals surface area contributed by atoms with E-state index < -0.39 is 0 Å². The summed E-state index contributed by atoms with van der Waals surface area (Å²) in [6, 6.07) is 18.9. The molecule has 0 fully saturated rings. The van der Waals surface area contributed by atoms with E-state index in [9.17, 15) is 4.79 Å². The Morgan fingerprint density at radius 2 is 1.81 bits per heavy atom. The highest BCUT2D eigenvalue weighted by molar-refractivity contribution is 6.30. The molecule has 1 aliphatic heterocycles. The van der Waals surface area contributed by atoms with Crippen molar-refractivity contribution in [1.82, 2.24) is 9.55 Å². The second kappa shape index (κ2) is 5.71. The first-order chi connectivity index (χ1) is 12.7. The number of fused-ring (bicyclic) bond motifs is 4. The highest BCUT2D eigenvalue weighted by Crippen LogP contribution is 2.40. The van der Waals surface area contributed by atoms with Crippen LogP contribution in [0.2, 0.25) is 5.02 Å². The number of nitrogens with zero attached hydrogens (tertiary/aromatic N) is 2. The van der Waals surface area contributed by atoms with Crippen LogP contribution < -0.4 is 4.74 Å². The minimum absolute atomic E-state index is 0.107. The van der Waals surface area contributed by atoms with E-state index in [0.29, 0.717) is 28.6 Å². The van der Waals surface area contributed by atoms with Crippen molar-refractivity contribution in [3.63, 3.8) is 0 Å². The average molecular weight is 361 g/mol. The van der Waals surface area contributed by atoms with Gasteiger partial charge in [-0.05, 0) is 42.0 Å². The van der Waals surface area contributed by atoms with Gasteiger partial charge in [-0.2, -0.15) is 0 Å². The van der Waals surface area contributed by atoms with Crippen LogP contribution in [0.1, 0.15) is 15.9 Å². The van der Waals surface area contributed by atoms with Gasteiger partial charge in [0.25, 0.3) is 5.91 Å². The molecule has 5 rings (SSSR count). The van der Waals surface area contributed by atoms with Gasteiger partial charge in [-0.3, -0.25) is 9.36 Å². The number of halogens is 1. The molecule has 2 aromatic carbocycles. The van der Waals surface area contributed by atoms with Crippen LogP contribution >= 0.6 is 11.6 Å². The number of ether oxygens (including phenoxy) is 1. The first-order valence-corrected chi connectivity index (χ1v) is 8.62. The lowest BCUT2D eigenvalue weighted by Gasteiger charge is -2.13. The van der Waals surface area contributed by atoms with Crippen molar-refractivity contribution >= 4 is 28.4 Å². The van der Waals surface area contributed by atoms with Gasteiger partial charge in [0.05, 0.1) is 11.2 Å². The number of rotatable bonds is 3. The standard InChI is InChI=1S/C21H13ClN2O2/c22-14-9-7-13(8-10-14)12-26-20-15-4-1-2-5-16(15)23-19-17-6-3-11-24(17)21(25)18(19)20/h1-11H,12H2. The summed E-state index contributed by atoms with van der Waals surface area (Å²) in [5, 5.41) is 1.51. The summed E-state index contributed by atoms with van der Waals surface area (Å²) >= 11 is 5.95. The number of hydrogen-bond acceptors (Lipinski definition) is 3. The van der Waals surface area contributed by atoms with E-state index in [-0.39, 0.29) is 5.91 Å². The Morgan fingerprint density at radius 1 is 1.00 bits per heavy atom. The molecule has 0 atom stereocenters. The lowest BCUT2D eigenvalue weighted by molar-refractivity contribution is 0.0965. The van der Waals surface area contributed by atoms with Crippen LogP contribution in [0.5, 0.6) is 5.75 Å². The first kappa shape index (κ1) is 15.2. The second-order valence-electron chi connectivity index (χ2n) is 6.17. The Kier molecular flexibility index (Phi) is 3.33. The van der Waals surface area contributed by atoms with Gasteiger partial charge in [0.2, 0.25) is 0 Å². The zero-order chi connectivity index (χ0) is 17.7. The Labute approximate surface area is 154 Å². The molecule has 0 aliphatic carbocycles. The van der Waals surface area contributed by atoms with Crippen molar-refractivity contribution < 1.29 is 9.53 Å². The van der Waals surface area contributed by atoms with Gasteiger partial charge >= 0.3 is 0 Å². The van der Waals surface area contributed by atoms with Crippen molar-refractivity contribution in [2.24, 2.45) is 0 Å². The monoisotopic (exact) mass is 360 g/mol. The number of carbonyl (C=O) groups is 1. The quantitative estimate of drug-likeness (QED) is 0.458. The highest BCUT2D eigenvalue weighted by atomic mass is 35.5. The fourth-order valence-electron chi connectivity index (χ4n) is 3.32. The zero-order valence-electron chi connectivity index (χ0n) is 13.6. The lowest BCUT2D eigenvalue weighted by atomic mass is 10.1. The average Bonchev–Trinajstić information content (AvgIpc) is 3.24. The fourth-order valence-corrected chi connectivity index (χ4v) is 3.45. The molecule has 0 bridgehead atoms. The van der Waals surface area contributed by atoms with Crippen LogP contribution in [0.4, 0.5) is 0 Å². The zero-order valence-corrected chi connectivity index (χ0v) is 14.4. The van der Waals surface area contributed by atoms with E-state index >= 15 is 0 Å². The van der Waals surface area contributed by atoms with Gasteiger partial charge in [-0.25, -0.2) is 4.98 Å². The van der Waals surface area contributed by atoms with Gasteiger partial charge in [0, 0.05) is 16.6 Å². The second-order valence-corrected chi connectivity index (χ2v) is 6.60. The summed E-state index contributed by atoms with van der Waals surface area (Å²) in [6.07, 6.45) is 1.76. The molecule has 2 aromatic heterocycles. The topological polar surface area (TPSA) is 44.1 Å². The van der Waals surface area contributed by atoms with E-state index in [1.807, 2.05) is 60.7 Å². The van der Waals surface area contributed by atoms with Crippen molar-refractivity contribution in [1.29, 1.82) is 0 Å². The number of carbonyl (C=O) groups excluding carboxylic acids is 1. The van der Waals surface area contributed by atoms with Gasteiger partial charge in [-0.1, -0.05) is 35.9 Å². The molecule has 0 radical (unpaired) electrons. The van der Waals surface area contributed by atoms with Crippen LogP contribution in [0.3, 0.4) is 0 Å². The summed E-state index contributed by atoms with van der Waals surface area (Å²) in [4.78, 5) is 17.6. The largest absolute Gasteiger partial charge is 0.487 e. The Bertz CT molecular complexity index is 1160. The van der Waals surface area contributed by atoms with Crippen LogP contribution in [0, 0.1) is 0 Å². The molecule has 1 aliphatic rings. The van der Waals surface area contributed by atoms with Gasteiger partial charge in [-0.15, -0.1) is 0 Å². The van der Waals surface area contributed by atoms with Crippen molar-refractivity contribution in [3.8, 4) is 17.1 Å². The maximum absolute atomic E-state index is 12.9. The summed E-state index contributed by atoms with van der Waals surface area (Å²) in [5.41, 5.74) is 3.78. The predicted molar refractivity (Wildman–Crippen MR) is 101 cm³/mol. The number of aromatic nitrogens is 2. The van der Waals surface area contributed by atoms with E-state index in [1.165, 1.54) is 0 Å². The fraction of sp³-hybridized carbons (Fsp3) is 0.0476. The third kappa shape index (κ3) is 2.23. The third-order valence-electron chi connectivity index (χ3n) is 4.57. The Hall–Kier alpha value is -3.11. The highest BCUT2D eigenvalue weighted by Gasteiger charge is 2.32. The molecule has 0 amide bonds. The van der Waals surface area contributed by atoms with Crippen molar-refractivity contribution in [2.45, 2.75) is 6.61 Å². The molecular formula is C21H13ClN2O2. The summed E-state index contributed by atoms with van der Waals surface area (Å²) in [5.74, 6) is 0.471. The molecule has 3 heterocycles. The van der Waals surface area contributed by atoms with E-state index in [2.05, 4.69) is 0 Å². The van der Waals surface area contributed by atoms with Crippen LogP contribution in [0.25, 0.3) is 22.3 Å². The van der Waals surface area contributed by atoms with Gasteiger partial charge in [0.15, 0.2) is 0 Å². The molecule has 26 heavy (non-hydrogen) atoms. The van der Waals surface area contributed by atoms with Crippen LogP contribution in [-0.2, 0) is 6.61 Å². The molecule has 0 spiro atoms. The van der Waals surface area contributed by atoms with Gasteiger partial charge in [0.1, 0.15) is 23.6 Å². The van der Waals surface area contributed by atoms with E-state index in [1.54, 1.807) is 10.8 Å². The van der Waals surface area contributed by atoms with Crippen molar-refractivity contribution in [2.75, 3.05) is 0 Å². The molecule has 0 saturated heterocycles. The molecule has 126 valence electrons. The minimum Gasteiger partial charge on any atom is -0.487 e. The van der Waals surface area contributed by atoms with E-state index in [4.69, 9.17) is 21.3 Å². The van der Waals surface area contributed by atoms with Gasteiger partial charge < -0.3 is 4.74 Å². The van der Waals surface area contributed by atoms with Crippen molar-refractivity contribution in [3.05, 3.63) is 83.0 Å². The Morgan fingerprint density at radius 3 is 2.65 bits per heavy atom. The molecule has 5 heteroatoms. The molecule has 0 unspecified atom stereocenters. The number of pyridine rings is 1. The van der Waals surface area contributed by atoms with E-state index in [0.717, 1.165) is 22.2 Å². The first-order valence-electron chi connectivity index (χ1n) is 8.25. The molecule has 0 N–H and O–H groups in total. The SMILES string of the molecule is O=C1c2c(nc3ccccc3c2OCc2ccc(Cl)cc2)-c2cccn21. The molecular weight excluding hydrogens is 348 g/mol. The number of para-hydroxylation sites is 1. The van der Waals surface area contributed by atoms with Crippen LogP contribution in [0.15, 0.2) is 66.9 Å². The normalized spacial score (nSPS) is 12.3. The minimum atomic E-state index is -0.107. The summed E-state index contributed by atoms with van der Waals surface area (Å²) < 4.78 is 7.76. The third-order valence-corrected chi connectivity index (χ3v) is 4.82. The predicted octanol–water partition coefficient (Wildman–Crippen LogP) is 4.94. The summed E-state index contributed by atoms with van der Waals surface area (Å²) in [6.45, 7) is 0.347.